The third-order valence-corrected chi connectivity index (χ3v) is 6.80. The monoisotopic (exact) mass is 522 g/mol. The quantitative estimate of drug-likeness (QED) is 0.249. The molecule has 204 valence electrons. The number of aryl methyl sites for hydroxylation is 1. The second-order valence-corrected chi connectivity index (χ2v) is 9.10. The van der Waals surface area contributed by atoms with Gasteiger partial charge < -0.3 is 54.3 Å². The Morgan fingerprint density at radius 3 is 2.24 bits per heavy atom. The van der Waals surface area contributed by atoms with Crippen LogP contribution in [-0.4, -0.2) is 95.4 Å². The molecule has 1 saturated heterocycles. The Kier molecular flexibility index (Phi) is 8.75. The summed E-state index contributed by atoms with van der Waals surface area (Å²) in [5, 5.41) is 59.6. The SMILES string of the molecule is COc1ccc([C@H]2Oc3c(OC)cc(CCCO)cc3[C@@H]2CO)cc1O[C@H]1O[C@@H](CO)[C@@H](O)[C@@H](O)[C@@H]1O. The van der Waals surface area contributed by atoms with Gasteiger partial charge in [0.15, 0.2) is 23.0 Å². The smallest absolute Gasteiger partial charge is 0.229 e. The number of rotatable bonds is 10. The minimum Gasteiger partial charge on any atom is -0.493 e. The van der Waals surface area contributed by atoms with Crippen molar-refractivity contribution in [3.8, 4) is 23.0 Å². The van der Waals surface area contributed by atoms with E-state index in [0.29, 0.717) is 35.7 Å². The first kappa shape index (κ1) is 27.4. The van der Waals surface area contributed by atoms with Crippen LogP contribution >= 0.6 is 0 Å². The average molecular weight is 523 g/mol. The Morgan fingerprint density at radius 1 is 0.838 bits per heavy atom. The van der Waals surface area contributed by atoms with Crippen LogP contribution < -0.4 is 18.9 Å². The maximum absolute atomic E-state index is 10.4. The summed E-state index contributed by atoms with van der Waals surface area (Å²) in [6.07, 6.45) is -6.60. The minimum atomic E-state index is -1.59. The number of hydrogen-bond donors (Lipinski definition) is 6. The summed E-state index contributed by atoms with van der Waals surface area (Å²) < 4.78 is 28.5. The largest absolute Gasteiger partial charge is 0.493 e. The van der Waals surface area contributed by atoms with Crippen LogP contribution in [0, 0.1) is 0 Å². The van der Waals surface area contributed by atoms with Gasteiger partial charge in [0.25, 0.3) is 0 Å². The third kappa shape index (κ3) is 5.34. The Bertz CT molecular complexity index is 1060. The molecule has 11 heteroatoms. The fraction of sp³-hybridized carbons (Fsp3) is 0.538. The summed E-state index contributed by atoms with van der Waals surface area (Å²) in [6.45, 7) is -0.735. The van der Waals surface area contributed by atoms with Crippen molar-refractivity contribution in [1.29, 1.82) is 0 Å². The summed E-state index contributed by atoms with van der Waals surface area (Å²) in [4.78, 5) is 0. The molecule has 2 aliphatic rings. The van der Waals surface area contributed by atoms with Crippen molar-refractivity contribution in [2.24, 2.45) is 0 Å². The second-order valence-electron chi connectivity index (χ2n) is 9.10. The van der Waals surface area contributed by atoms with E-state index in [1.807, 2.05) is 12.1 Å². The molecular weight excluding hydrogens is 488 g/mol. The number of methoxy groups -OCH3 is 2. The highest BCUT2D eigenvalue weighted by atomic mass is 16.7. The fourth-order valence-electron chi connectivity index (χ4n) is 4.78. The number of fused-ring (bicyclic) bond motifs is 1. The van der Waals surface area contributed by atoms with Gasteiger partial charge >= 0.3 is 0 Å². The lowest BCUT2D eigenvalue weighted by molar-refractivity contribution is -0.277. The van der Waals surface area contributed by atoms with E-state index < -0.39 is 49.3 Å². The van der Waals surface area contributed by atoms with E-state index in [0.717, 1.165) is 11.1 Å². The first-order valence-electron chi connectivity index (χ1n) is 12.1. The zero-order valence-electron chi connectivity index (χ0n) is 20.7. The summed E-state index contributed by atoms with van der Waals surface area (Å²) in [6, 6.07) is 8.83. The molecule has 7 atom stereocenters. The van der Waals surface area contributed by atoms with Crippen LogP contribution in [0.2, 0.25) is 0 Å². The van der Waals surface area contributed by atoms with Gasteiger partial charge in [-0.1, -0.05) is 12.1 Å². The van der Waals surface area contributed by atoms with Crippen molar-refractivity contribution in [2.45, 2.75) is 55.6 Å². The molecule has 0 aliphatic carbocycles. The van der Waals surface area contributed by atoms with E-state index in [2.05, 4.69) is 0 Å². The lowest BCUT2D eigenvalue weighted by Crippen LogP contribution is -2.60. The molecule has 0 saturated carbocycles. The molecule has 4 rings (SSSR count). The normalized spacial score (nSPS) is 28.9. The summed E-state index contributed by atoms with van der Waals surface area (Å²) >= 11 is 0. The van der Waals surface area contributed by atoms with Gasteiger partial charge in [0.1, 0.15) is 30.5 Å². The molecule has 0 spiro atoms. The first-order chi connectivity index (χ1) is 17.9. The van der Waals surface area contributed by atoms with Crippen molar-refractivity contribution >= 4 is 0 Å². The van der Waals surface area contributed by atoms with Gasteiger partial charge in [0.05, 0.1) is 33.4 Å². The predicted octanol–water partition coefficient (Wildman–Crippen LogP) is 0.0170. The maximum Gasteiger partial charge on any atom is 0.229 e. The molecule has 0 bridgehead atoms. The molecular formula is C26H34O11. The molecule has 6 N–H and O–H groups in total. The van der Waals surface area contributed by atoms with Crippen molar-refractivity contribution < 1.29 is 54.3 Å². The van der Waals surface area contributed by atoms with Crippen LogP contribution in [0.5, 0.6) is 23.0 Å². The first-order valence-corrected chi connectivity index (χ1v) is 12.1. The molecule has 0 unspecified atom stereocenters. The Morgan fingerprint density at radius 2 is 1.59 bits per heavy atom. The summed E-state index contributed by atoms with van der Waals surface area (Å²) in [7, 11) is 2.97. The number of aliphatic hydroxyl groups is 6. The van der Waals surface area contributed by atoms with Crippen LogP contribution in [0.4, 0.5) is 0 Å². The van der Waals surface area contributed by atoms with Crippen LogP contribution in [0.25, 0.3) is 0 Å². The molecule has 0 radical (unpaired) electrons. The van der Waals surface area contributed by atoms with Crippen LogP contribution in [0.1, 0.15) is 35.1 Å². The van der Waals surface area contributed by atoms with Crippen molar-refractivity contribution in [3.05, 3.63) is 47.0 Å². The van der Waals surface area contributed by atoms with E-state index in [9.17, 15) is 30.6 Å². The molecule has 2 aliphatic heterocycles. The predicted molar refractivity (Wildman–Crippen MR) is 129 cm³/mol. The van der Waals surface area contributed by atoms with E-state index in [-0.39, 0.29) is 19.0 Å². The lowest BCUT2D eigenvalue weighted by atomic mass is 9.90. The highest BCUT2D eigenvalue weighted by molar-refractivity contribution is 5.56. The molecule has 11 nitrogen and oxygen atoms in total. The van der Waals surface area contributed by atoms with E-state index >= 15 is 0 Å². The molecule has 1 fully saturated rings. The molecule has 0 amide bonds. The van der Waals surface area contributed by atoms with Gasteiger partial charge in [-0.2, -0.15) is 0 Å². The van der Waals surface area contributed by atoms with Gasteiger partial charge in [-0.05, 0) is 42.2 Å². The number of aliphatic hydroxyl groups excluding tert-OH is 6. The van der Waals surface area contributed by atoms with Gasteiger partial charge in [-0.25, -0.2) is 0 Å². The summed E-state index contributed by atoms with van der Waals surface area (Å²) in [5.41, 5.74) is 2.37. The molecule has 37 heavy (non-hydrogen) atoms. The van der Waals surface area contributed by atoms with Gasteiger partial charge in [0, 0.05) is 12.2 Å². The number of ether oxygens (including phenoxy) is 5. The maximum atomic E-state index is 10.4. The second kappa shape index (κ2) is 11.8. The number of benzene rings is 2. The Labute approximate surface area is 214 Å². The van der Waals surface area contributed by atoms with Crippen molar-refractivity contribution in [1.82, 2.24) is 0 Å². The molecule has 2 aromatic rings. The molecule has 2 heterocycles. The highest BCUT2D eigenvalue weighted by Crippen LogP contribution is 2.51. The number of hydrogen-bond acceptors (Lipinski definition) is 11. The standard InChI is InChI=1S/C26H34O11/c1-33-17-6-5-14(10-18(17)35-26-23(32)22(31)21(30)20(12-29)36-26)24-16(11-28)15-8-13(4-3-7-27)9-19(34-2)25(15)37-24/h5-6,8-10,16,20-24,26-32H,3-4,7,11-12H2,1-2H3/t16-,20-,21+,22+,23-,24+,26-/m0/s1. The molecule has 2 aromatic carbocycles. The van der Waals surface area contributed by atoms with Crippen molar-refractivity contribution in [2.75, 3.05) is 34.0 Å². The zero-order valence-corrected chi connectivity index (χ0v) is 20.7. The van der Waals surface area contributed by atoms with Crippen molar-refractivity contribution in [3.63, 3.8) is 0 Å². The van der Waals surface area contributed by atoms with E-state index in [4.69, 9.17) is 23.7 Å². The highest BCUT2D eigenvalue weighted by Gasteiger charge is 2.45. The summed E-state index contributed by atoms with van der Waals surface area (Å²) in [5.74, 6) is 1.09. The fourth-order valence-corrected chi connectivity index (χ4v) is 4.78. The Balaban J connectivity index is 1.64. The van der Waals surface area contributed by atoms with E-state index in [1.54, 1.807) is 18.2 Å². The molecule has 0 aromatic heterocycles. The Hall–Kier alpha value is -2.64. The van der Waals surface area contributed by atoms with E-state index in [1.165, 1.54) is 14.2 Å². The van der Waals surface area contributed by atoms with Gasteiger partial charge in [0.2, 0.25) is 6.29 Å². The van der Waals surface area contributed by atoms with Crippen LogP contribution in [0.3, 0.4) is 0 Å². The third-order valence-electron chi connectivity index (χ3n) is 6.80. The van der Waals surface area contributed by atoms with Gasteiger partial charge in [-0.15, -0.1) is 0 Å². The topological polar surface area (TPSA) is 168 Å². The average Bonchev–Trinajstić information content (AvgIpc) is 3.30. The van der Waals surface area contributed by atoms with Gasteiger partial charge in [-0.3, -0.25) is 0 Å². The van der Waals surface area contributed by atoms with Crippen LogP contribution in [0.15, 0.2) is 30.3 Å². The lowest BCUT2D eigenvalue weighted by Gasteiger charge is -2.39. The van der Waals surface area contributed by atoms with Crippen LogP contribution in [-0.2, 0) is 11.2 Å². The minimum absolute atomic E-state index is 0.0605. The zero-order chi connectivity index (χ0) is 26.7.